The second kappa shape index (κ2) is 2.21. The minimum Gasteiger partial charge on any atom is -0.376 e. The van der Waals surface area contributed by atoms with Gasteiger partial charge in [-0.15, -0.1) is 12.4 Å². The largest absolute Gasteiger partial charge is 0.376 e. The van der Waals surface area contributed by atoms with E-state index in [9.17, 15) is 0 Å². The Balaban J connectivity index is 0.000000490. The summed E-state index contributed by atoms with van der Waals surface area (Å²) in [7, 11) is 0. The van der Waals surface area contributed by atoms with Gasteiger partial charge >= 0.3 is 0 Å². The Kier molecular flexibility index (Phi) is 2.27. The van der Waals surface area contributed by atoms with Gasteiger partial charge in [0.1, 0.15) is 5.72 Å². The lowest BCUT2D eigenvalue weighted by atomic mass is 9.78. The molecule has 50 valence electrons. The van der Waals surface area contributed by atoms with Gasteiger partial charge in [-0.2, -0.15) is 0 Å². The van der Waals surface area contributed by atoms with Gasteiger partial charge in [0.2, 0.25) is 0 Å². The minimum atomic E-state index is -0.819. The average molecular weight is 138 g/mol. The molecule has 2 unspecified atom stereocenters. The third-order valence-electron chi connectivity index (χ3n) is 1.83. The highest BCUT2D eigenvalue weighted by atomic mass is 35.5. The number of hydrogen-bond donors (Lipinski definition) is 2. The van der Waals surface area contributed by atoms with E-state index in [1.165, 1.54) is 0 Å². The molecule has 0 aromatic heterocycles. The van der Waals surface area contributed by atoms with Crippen molar-refractivity contribution in [3.8, 4) is 0 Å². The monoisotopic (exact) mass is 137 g/mol. The molecule has 0 amide bonds. The van der Waals surface area contributed by atoms with Crippen LogP contribution in [0.25, 0.3) is 0 Å². The zero-order valence-corrected chi connectivity index (χ0v) is 5.74. The van der Waals surface area contributed by atoms with Gasteiger partial charge < -0.3 is 10.8 Å². The van der Waals surface area contributed by atoms with Crippen molar-refractivity contribution >= 4 is 12.4 Å². The highest BCUT2D eigenvalue weighted by molar-refractivity contribution is 5.85. The van der Waals surface area contributed by atoms with Gasteiger partial charge in [0.05, 0.1) is 0 Å². The molecule has 0 radical (unpaired) electrons. The molecule has 0 aromatic rings. The number of aliphatic hydroxyl groups is 1. The molecule has 0 bridgehead atoms. The molecule has 8 heavy (non-hydrogen) atoms. The fraction of sp³-hybridized carbons (Fsp3) is 1.00. The SMILES string of the molecule is CC1CCC1(N)O.Cl. The van der Waals surface area contributed by atoms with Crippen LogP contribution in [0.3, 0.4) is 0 Å². The van der Waals surface area contributed by atoms with Gasteiger partial charge in [-0.1, -0.05) is 6.92 Å². The molecule has 1 saturated carbocycles. The van der Waals surface area contributed by atoms with Crippen LogP contribution < -0.4 is 5.73 Å². The lowest BCUT2D eigenvalue weighted by Crippen LogP contribution is -2.53. The molecule has 1 aliphatic rings. The lowest BCUT2D eigenvalue weighted by Gasteiger charge is -2.39. The Bertz CT molecular complexity index is 84.5. The van der Waals surface area contributed by atoms with Crippen LogP contribution in [0.2, 0.25) is 0 Å². The first-order valence-corrected chi connectivity index (χ1v) is 2.64. The summed E-state index contributed by atoms with van der Waals surface area (Å²) in [5, 5.41) is 8.96. The molecule has 3 N–H and O–H groups in total. The van der Waals surface area contributed by atoms with Gasteiger partial charge in [0, 0.05) is 0 Å². The van der Waals surface area contributed by atoms with Crippen LogP contribution in [0.5, 0.6) is 0 Å². The maximum Gasteiger partial charge on any atom is 0.116 e. The van der Waals surface area contributed by atoms with E-state index in [0.717, 1.165) is 12.8 Å². The van der Waals surface area contributed by atoms with Crippen LogP contribution in [0.1, 0.15) is 19.8 Å². The third-order valence-corrected chi connectivity index (χ3v) is 1.83. The molecule has 0 heterocycles. The van der Waals surface area contributed by atoms with Crippen LogP contribution in [0.15, 0.2) is 0 Å². The van der Waals surface area contributed by atoms with Gasteiger partial charge in [0.25, 0.3) is 0 Å². The molecular formula is C5H12ClNO. The first-order chi connectivity index (χ1) is 3.13. The van der Waals surface area contributed by atoms with Crippen LogP contribution in [0.4, 0.5) is 0 Å². The summed E-state index contributed by atoms with van der Waals surface area (Å²) in [6.07, 6.45) is 1.85. The van der Waals surface area contributed by atoms with Crippen molar-refractivity contribution in [1.29, 1.82) is 0 Å². The molecule has 2 atom stereocenters. The fourth-order valence-electron chi connectivity index (χ4n) is 0.729. The predicted octanol–water partition coefficient (Wildman–Crippen LogP) is 0.485. The molecule has 0 aliphatic heterocycles. The van der Waals surface area contributed by atoms with Crippen LogP contribution in [-0.2, 0) is 0 Å². The number of hydrogen-bond acceptors (Lipinski definition) is 2. The molecule has 0 saturated heterocycles. The van der Waals surface area contributed by atoms with Crippen molar-refractivity contribution in [3.05, 3.63) is 0 Å². The summed E-state index contributed by atoms with van der Waals surface area (Å²) in [6.45, 7) is 1.96. The van der Waals surface area contributed by atoms with E-state index in [1.54, 1.807) is 0 Å². The molecule has 0 aromatic carbocycles. The first kappa shape index (κ1) is 8.21. The van der Waals surface area contributed by atoms with E-state index in [4.69, 9.17) is 10.8 Å². The first-order valence-electron chi connectivity index (χ1n) is 2.64. The number of rotatable bonds is 0. The Labute approximate surface area is 55.5 Å². The van der Waals surface area contributed by atoms with E-state index in [0.29, 0.717) is 5.92 Å². The summed E-state index contributed by atoms with van der Waals surface area (Å²) in [6, 6.07) is 0. The highest BCUT2D eigenvalue weighted by Crippen LogP contribution is 2.32. The Morgan fingerprint density at radius 3 is 2.12 bits per heavy atom. The normalized spacial score (nSPS) is 44.6. The van der Waals surface area contributed by atoms with E-state index < -0.39 is 5.72 Å². The summed E-state index contributed by atoms with van der Waals surface area (Å²) < 4.78 is 0. The van der Waals surface area contributed by atoms with Crippen LogP contribution in [-0.4, -0.2) is 10.8 Å². The van der Waals surface area contributed by atoms with Crippen molar-refractivity contribution in [2.75, 3.05) is 0 Å². The van der Waals surface area contributed by atoms with Gasteiger partial charge in [-0.3, -0.25) is 0 Å². The van der Waals surface area contributed by atoms with Crippen LogP contribution in [0, 0.1) is 5.92 Å². The van der Waals surface area contributed by atoms with E-state index in [2.05, 4.69) is 0 Å². The Morgan fingerprint density at radius 2 is 2.12 bits per heavy atom. The zero-order valence-electron chi connectivity index (χ0n) is 4.92. The smallest absolute Gasteiger partial charge is 0.116 e. The number of nitrogens with two attached hydrogens (primary N) is 1. The van der Waals surface area contributed by atoms with Crippen molar-refractivity contribution in [1.82, 2.24) is 0 Å². The van der Waals surface area contributed by atoms with Gasteiger partial charge in [-0.05, 0) is 18.8 Å². The summed E-state index contributed by atoms with van der Waals surface area (Å²) in [5.41, 5.74) is 4.50. The zero-order chi connectivity index (χ0) is 5.49. The Morgan fingerprint density at radius 1 is 1.75 bits per heavy atom. The molecule has 1 rings (SSSR count). The van der Waals surface area contributed by atoms with Crippen LogP contribution >= 0.6 is 12.4 Å². The molecule has 0 spiro atoms. The van der Waals surface area contributed by atoms with Gasteiger partial charge in [0.15, 0.2) is 0 Å². The summed E-state index contributed by atoms with van der Waals surface area (Å²) in [4.78, 5) is 0. The Hall–Kier alpha value is 0.210. The lowest BCUT2D eigenvalue weighted by molar-refractivity contribution is -0.0804. The molecular weight excluding hydrogens is 126 g/mol. The van der Waals surface area contributed by atoms with Crippen molar-refractivity contribution in [2.24, 2.45) is 11.7 Å². The van der Waals surface area contributed by atoms with E-state index in [-0.39, 0.29) is 12.4 Å². The van der Waals surface area contributed by atoms with Crippen molar-refractivity contribution in [2.45, 2.75) is 25.5 Å². The summed E-state index contributed by atoms with van der Waals surface area (Å²) >= 11 is 0. The van der Waals surface area contributed by atoms with E-state index >= 15 is 0 Å². The topological polar surface area (TPSA) is 46.2 Å². The maximum atomic E-state index is 8.96. The second-order valence-electron chi connectivity index (χ2n) is 2.43. The predicted molar refractivity (Wildman–Crippen MR) is 34.8 cm³/mol. The quantitative estimate of drug-likeness (QED) is 0.478. The fourth-order valence-corrected chi connectivity index (χ4v) is 0.729. The molecule has 2 nitrogen and oxygen atoms in total. The third kappa shape index (κ3) is 1.13. The molecule has 1 aliphatic carbocycles. The van der Waals surface area contributed by atoms with Crippen molar-refractivity contribution in [3.63, 3.8) is 0 Å². The van der Waals surface area contributed by atoms with Gasteiger partial charge in [-0.25, -0.2) is 0 Å². The average Bonchev–Trinajstić information content (AvgIpc) is 1.63. The van der Waals surface area contributed by atoms with Crippen molar-refractivity contribution < 1.29 is 5.11 Å². The minimum absolute atomic E-state index is 0. The number of halogens is 1. The standard InChI is InChI=1S/C5H11NO.ClH/c1-4-2-3-5(4,6)7;/h4,7H,2-3,6H2,1H3;1H. The second-order valence-corrected chi connectivity index (χ2v) is 2.43. The highest BCUT2D eigenvalue weighted by Gasteiger charge is 2.37. The maximum absolute atomic E-state index is 8.96. The van der Waals surface area contributed by atoms with E-state index in [1.807, 2.05) is 6.92 Å². The molecule has 3 heteroatoms. The molecule has 1 fully saturated rings. The summed E-state index contributed by atoms with van der Waals surface area (Å²) in [5.74, 6) is 0.312.